The molecule has 3 aromatic rings. The van der Waals surface area contributed by atoms with Crippen molar-refractivity contribution in [2.45, 2.75) is 6.92 Å². The van der Waals surface area contributed by atoms with Gasteiger partial charge in [0.1, 0.15) is 11.8 Å². The predicted molar refractivity (Wildman–Crippen MR) is 135 cm³/mol. The van der Waals surface area contributed by atoms with E-state index in [-0.39, 0.29) is 18.2 Å². The van der Waals surface area contributed by atoms with Gasteiger partial charge in [-0.05, 0) is 48.4 Å². The van der Waals surface area contributed by atoms with E-state index in [1.807, 2.05) is 60.4 Å². The number of carbonyl (C=O) groups is 1. The first-order valence-corrected chi connectivity index (χ1v) is 11.5. The first-order chi connectivity index (χ1) is 17.5. The van der Waals surface area contributed by atoms with Gasteiger partial charge in [-0.2, -0.15) is 10.2 Å². The molecular weight excluding hydrogens is 460 g/mol. The van der Waals surface area contributed by atoms with Gasteiger partial charge in [-0.1, -0.05) is 18.2 Å². The van der Waals surface area contributed by atoms with E-state index in [1.165, 1.54) is 0 Å². The zero-order chi connectivity index (χ0) is 25.5. The second-order valence-corrected chi connectivity index (χ2v) is 8.24. The second kappa shape index (κ2) is 11.3. The number of aromatic nitrogens is 1. The lowest BCUT2D eigenvalue weighted by molar-refractivity contribution is -0.133. The molecule has 9 heteroatoms. The quantitative estimate of drug-likeness (QED) is 0.472. The number of hydrogen-bond donors (Lipinski definition) is 0. The average Bonchev–Trinajstić information content (AvgIpc) is 3.34. The number of hydrogen-bond acceptors (Lipinski definition) is 8. The van der Waals surface area contributed by atoms with Crippen molar-refractivity contribution in [2.75, 3.05) is 51.9 Å². The molecule has 2 aromatic carbocycles. The highest BCUT2D eigenvalue weighted by atomic mass is 16.5. The van der Waals surface area contributed by atoms with Crippen LogP contribution in [0.4, 0.5) is 5.88 Å². The molecule has 1 fully saturated rings. The van der Waals surface area contributed by atoms with Crippen molar-refractivity contribution in [3.8, 4) is 23.3 Å². The Morgan fingerprint density at radius 2 is 1.86 bits per heavy atom. The van der Waals surface area contributed by atoms with Gasteiger partial charge in [0.25, 0.3) is 5.91 Å². The number of nitrogens with zero attached hydrogens (tertiary/aromatic N) is 4. The van der Waals surface area contributed by atoms with Crippen molar-refractivity contribution in [3.05, 3.63) is 65.2 Å². The third kappa shape index (κ3) is 5.78. The Hall–Kier alpha value is -4.45. The minimum atomic E-state index is -0.0761. The first-order valence-electron chi connectivity index (χ1n) is 11.5. The highest BCUT2D eigenvalue weighted by Crippen LogP contribution is 2.29. The Morgan fingerprint density at radius 1 is 1.08 bits per heavy atom. The molecule has 0 bridgehead atoms. The number of carbonyl (C=O) groups excluding carboxylic acids is 1. The first kappa shape index (κ1) is 24.7. The van der Waals surface area contributed by atoms with Crippen molar-refractivity contribution in [2.24, 2.45) is 0 Å². The second-order valence-electron chi connectivity index (χ2n) is 8.24. The summed E-state index contributed by atoms with van der Waals surface area (Å²) in [5.74, 6) is 2.58. The van der Waals surface area contributed by atoms with Crippen LogP contribution in [0.15, 0.2) is 46.9 Å². The smallest absolute Gasteiger partial charge is 0.260 e. The summed E-state index contributed by atoms with van der Waals surface area (Å²) >= 11 is 0. The third-order valence-electron chi connectivity index (χ3n) is 5.83. The Balaban J connectivity index is 1.36. The number of ether oxygens (including phenoxy) is 3. The fourth-order valence-corrected chi connectivity index (χ4v) is 3.91. The van der Waals surface area contributed by atoms with Crippen molar-refractivity contribution in [3.63, 3.8) is 0 Å². The van der Waals surface area contributed by atoms with Crippen molar-refractivity contribution in [1.82, 2.24) is 9.88 Å². The van der Waals surface area contributed by atoms with Gasteiger partial charge in [-0.15, -0.1) is 0 Å². The van der Waals surface area contributed by atoms with E-state index in [9.17, 15) is 10.1 Å². The number of methoxy groups -OCH3 is 2. The molecule has 1 amide bonds. The Morgan fingerprint density at radius 3 is 2.56 bits per heavy atom. The van der Waals surface area contributed by atoms with Crippen LogP contribution in [0, 0.1) is 18.3 Å². The van der Waals surface area contributed by atoms with E-state index >= 15 is 0 Å². The van der Waals surface area contributed by atoms with Gasteiger partial charge in [0, 0.05) is 32.3 Å². The molecule has 1 aromatic heterocycles. The summed E-state index contributed by atoms with van der Waals surface area (Å²) in [6.45, 7) is 4.01. The van der Waals surface area contributed by atoms with E-state index < -0.39 is 0 Å². The van der Waals surface area contributed by atoms with Gasteiger partial charge >= 0.3 is 0 Å². The fraction of sp³-hybridized carbons (Fsp3) is 0.296. The monoisotopic (exact) mass is 488 g/mol. The van der Waals surface area contributed by atoms with Crippen LogP contribution in [-0.4, -0.2) is 62.8 Å². The summed E-state index contributed by atoms with van der Waals surface area (Å²) in [6.07, 6.45) is 3.53. The summed E-state index contributed by atoms with van der Waals surface area (Å²) in [6, 6.07) is 15.2. The van der Waals surface area contributed by atoms with E-state index in [0.29, 0.717) is 55.2 Å². The van der Waals surface area contributed by atoms with E-state index in [1.54, 1.807) is 25.2 Å². The third-order valence-corrected chi connectivity index (χ3v) is 5.83. The van der Waals surface area contributed by atoms with Crippen LogP contribution in [0.1, 0.15) is 22.7 Å². The number of anilines is 1. The van der Waals surface area contributed by atoms with Gasteiger partial charge in [-0.3, -0.25) is 4.79 Å². The van der Waals surface area contributed by atoms with Gasteiger partial charge < -0.3 is 28.4 Å². The summed E-state index contributed by atoms with van der Waals surface area (Å²) in [5.41, 5.74) is 2.15. The molecule has 0 unspecified atom stereocenters. The highest BCUT2D eigenvalue weighted by molar-refractivity contribution is 5.78. The lowest BCUT2D eigenvalue weighted by Gasteiger charge is -2.34. The van der Waals surface area contributed by atoms with E-state index in [0.717, 1.165) is 11.1 Å². The summed E-state index contributed by atoms with van der Waals surface area (Å²) in [5, 5.41) is 9.58. The molecule has 36 heavy (non-hydrogen) atoms. The predicted octanol–water partition coefficient (Wildman–Crippen LogP) is 3.77. The molecule has 0 aliphatic carbocycles. The molecule has 186 valence electrons. The Kier molecular flexibility index (Phi) is 7.75. The number of nitriles is 1. The number of piperazine rings is 1. The zero-order valence-corrected chi connectivity index (χ0v) is 20.6. The number of rotatable bonds is 8. The van der Waals surface area contributed by atoms with Crippen LogP contribution in [0.25, 0.3) is 12.2 Å². The molecule has 4 rings (SSSR count). The minimum absolute atomic E-state index is 0.0136. The zero-order valence-electron chi connectivity index (χ0n) is 20.6. The molecule has 0 atom stereocenters. The van der Waals surface area contributed by atoms with E-state index in [2.05, 4.69) is 11.1 Å². The summed E-state index contributed by atoms with van der Waals surface area (Å²) < 4.78 is 22.1. The maximum atomic E-state index is 12.6. The number of aryl methyl sites for hydroxylation is 1. The van der Waals surface area contributed by atoms with Crippen molar-refractivity contribution < 1.29 is 23.4 Å². The standard InChI is InChI=1S/C27H28N4O5/c1-19-5-4-6-21(15-19)35-18-26(32)30-11-13-31(14-12-30)27-22(17-28)29-25(36-27)10-8-20-7-9-23(33-2)24(16-20)34-3/h4-10,15-16H,11-14,18H2,1-3H3/b10-8+. The molecule has 1 aliphatic rings. The van der Waals surface area contributed by atoms with Crippen LogP contribution in [0.3, 0.4) is 0 Å². The highest BCUT2D eigenvalue weighted by Gasteiger charge is 2.26. The SMILES string of the molecule is COc1ccc(/C=C/c2nc(C#N)c(N3CCN(C(=O)COc4cccc(C)c4)CC3)o2)cc1OC. The lowest BCUT2D eigenvalue weighted by Crippen LogP contribution is -2.50. The summed E-state index contributed by atoms with van der Waals surface area (Å²) in [4.78, 5) is 20.6. The molecule has 2 heterocycles. The average molecular weight is 489 g/mol. The largest absolute Gasteiger partial charge is 0.493 e. The fourth-order valence-electron chi connectivity index (χ4n) is 3.91. The minimum Gasteiger partial charge on any atom is -0.493 e. The van der Waals surface area contributed by atoms with Crippen LogP contribution in [0.5, 0.6) is 17.2 Å². The maximum absolute atomic E-state index is 12.6. The number of oxazole rings is 1. The maximum Gasteiger partial charge on any atom is 0.260 e. The molecule has 1 aliphatic heterocycles. The van der Waals surface area contributed by atoms with Crippen LogP contribution < -0.4 is 19.1 Å². The summed E-state index contributed by atoms with van der Waals surface area (Å²) in [7, 11) is 3.16. The van der Waals surface area contributed by atoms with Crippen LogP contribution in [-0.2, 0) is 4.79 Å². The topological polar surface area (TPSA) is 101 Å². The van der Waals surface area contributed by atoms with Gasteiger partial charge in [-0.25, -0.2) is 0 Å². The molecule has 9 nitrogen and oxygen atoms in total. The Labute approximate surface area is 210 Å². The number of amides is 1. The molecule has 1 saturated heterocycles. The normalized spacial score (nSPS) is 13.5. The van der Waals surface area contributed by atoms with Gasteiger partial charge in [0.05, 0.1) is 14.2 Å². The van der Waals surface area contributed by atoms with Crippen molar-refractivity contribution in [1.29, 1.82) is 5.26 Å². The molecule has 0 spiro atoms. The van der Waals surface area contributed by atoms with Crippen LogP contribution >= 0.6 is 0 Å². The van der Waals surface area contributed by atoms with Gasteiger partial charge in [0.15, 0.2) is 18.1 Å². The number of benzene rings is 2. The molecule has 0 saturated carbocycles. The molecule has 0 radical (unpaired) electrons. The Bertz CT molecular complexity index is 1290. The van der Waals surface area contributed by atoms with E-state index in [4.69, 9.17) is 18.6 Å². The van der Waals surface area contributed by atoms with Gasteiger partial charge in [0.2, 0.25) is 17.5 Å². The van der Waals surface area contributed by atoms with Crippen molar-refractivity contribution >= 4 is 23.9 Å². The lowest BCUT2D eigenvalue weighted by atomic mass is 10.2. The molecule has 0 N–H and O–H groups in total. The van der Waals surface area contributed by atoms with Crippen LogP contribution in [0.2, 0.25) is 0 Å². The molecular formula is C27H28N4O5.